The predicted molar refractivity (Wildman–Crippen MR) is 73.7 cm³/mol. The second-order valence-corrected chi connectivity index (χ2v) is 4.97. The molecule has 92 valence electrons. The Morgan fingerprint density at radius 3 is 1.00 bits per heavy atom. The quantitative estimate of drug-likeness (QED) is 0.484. The van der Waals surface area contributed by atoms with Gasteiger partial charge in [-0.3, -0.25) is 0 Å². The van der Waals surface area contributed by atoms with Crippen LogP contribution in [0.15, 0.2) is 24.3 Å². The molecule has 0 bridgehead atoms. The fourth-order valence-electron chi connectivity index (χ4n) is 2.29. The highest BCUT2D eigenvalue weighted by atomic mass is 14.0. The van der Waals surface area contributed by atoms with Gasteiger partial charge in [0.25, 0.3) is 0 Å². The van der Waals surface area contributed by atoms with Gasteiger partial charge in [0, 0.05) is 0 Å². The molecule has 16 heavy (non-hydrogen) atoms. The maximum Gasteiger partial charge on any atom is -0.0347 e. The molecular weight excluding hydrogens is 192 g/mol. The van der Waals surface area contributed by atoms with Crippen molar-refractivity contribution in [2.75, 3.05) is 0 Å². The molecule has 0 heteroatoms. The minimum absolute atomic E-state index is 1.27. The largest absolute Gasteiger partial charge is 0.0845 e. The smallest absolute Gasteiger partial charge is 0.0347 e. The Bertz CT molecular complexity index is 150. The second kappa shape index (κ2) is 11.0. The summed E-state index contributed by atoms with van der Waals surface area (Å²) < 4.78 is 0. The van der Waals surface area contributed by atoms with Gasteiger partial charge in [-0.15, -0.1) is 0 Å². The van der Waals surface area contributed by atoms with E-state index in [2.05, 4.69) is 24.3 Å². The molecule has 2 rings (SSSR count). The summed E-state index contributed by atoms with van der Waals surface area (Å²) in [6.45, 7) is 0. The van der Waals surface area contributed by atoms with E-state index in [4.69, 9.17) is 0 Å². The van der Waals surface area contributed by atoms with Gasteiger partial charge >= 0.3 is 0 Å². The van der Waals surface area contributed by atoms with Crippen LogP contribution in [0.4, 0.5) is 0 Å². The van der Waals surface area contributed by atoms with Crippen LogP contribution in [0, 0.1) is 0 Å². The molecule has 0 aromatic heterocycles. The van der Waals surface area contributed by atoms with Crippen LogP contribution in [0.25, 0.3) is 0 Å². The Labute approximate surface area is 102 Å². The van der Waals surface area contributed by atoms with E-state index in [0.29, 0.717) is 0 Å². The van der Waals surface area contributed by atoms with E-state index in [1.807, 2.05) is 0 Å². The van der Waals surface area contributed by atoms with Crippen LogP contribution in [-0.4, -0.2) is 0 Å². The highest BCUT2D eigenvalue weighted by Gasteiger charge is 1.95. The molecule has 0 nitrogen and oxygen atoms in total. The molecule has 0 radical (unpaired) electrons. The lowest BCUT2D eigenvalue weighted by Gasteiger charge is -2.05. The van der Waals surface area contributed by atoms with Crippen molar-refractivity contribution in [3.8, 4) is 0 Å². The van der Waals surface area contributed by atoms with Crippen molar-refractivity contribution in [3.05, 3.63) is 24.3 Å². The van der Waals surface area contributed by atoms with Gasteiger partial charge < -0.3 is 0 Å². The van der Waals surface area contributed by atoms with Crippen LogP contribution in [-0.2, 0) is 0 Å². The van der Waals surface area contributed by atoms with E-state index >= 15 is 0 Å². The lowest BCUT2D eigenvalue weighted by molar-refractivity contribution is 0.504. The van der Waals surface area contributed by atoms with Crippen LogP contribution in [0.2, 0.25) is 0 Å². The molecule has 0 heterocycles. The Balaban J connectivity index is 0.000000160. The summed E-state index contributed by atoms with van der Waals surface area (Å²) in [6.07, 6.45) is 26.0. The standard InChI is InChI=1S/C8H16.C8H12/c2*1-2-4-6-8-7-5-3-1/h1-8H2;1-4H,5-8H2. The first-order chi connectivity index (χ1) is 8.00. The topological polar surface area (TPSA) is 0 Å². The maximum atomic E-state index is 2.23. The second-order valence-electron chi connectivity index (χ2n) is 4.97. The van der Waals surface area contributed by atoms with Gasteiger partial charge in [0.1, 0.15) is 0 Å². The Kier molecular flexibility index (Phi) is 9.30. The molecule has 0 N–H and O–H groups in total. The molecule has 0 aliphatic heterocycles. The first kappa shape index (κ1) is 13.5. The van der Waals surface area contributed by atoms with Crippen molar-refractivity contribution in [1.82, 2.24) is 0 Å². The minimum Gasteiger partial charge on any atom is -0.0845 e. The van der Waals surface area contributed by atoms with Crippen molar-refractivity contribution in [2.24, 2.45) is 0 Å². The summed E-state index contributed by atoms with van der Waals surface area (Å²) in [5, 5.41) is 0. The van der Waals surface area contributed by atoms with Gasteiger partial charge in [-0.1, -0.05) is 75.7 Å². The summed E-state index contributed by atoms with van der Waals surface area (Å²) >= 11 is 0. The molecular formula is C16H28. The molecule has 0 unspecified atom stereocenters. The first-order valence-electron chi connectivity index (χ1n) is 7.32. The zero-order chi connectivity index (χ0) is 11.3. The van der Waals surface area contributed by atoms with Crippen molar-refractivity contribution < 1.29 is 0 Å². The molecule has 2 aliphatic carbocycles. The van der Waals surface area contributed by atoms with Gasteiger partial charge in [-0.05, 0) is 25.7 Å². The predicted octanol–water partition coefficient (Wildman–Crippen LogP) is 5.79. The lowest BCUT2D eigenvalue weighted by atomic mass is 10.0. The Morgan fingerprint density at radius 2 is 0.688 bits per heavy atom. The highest BCUT2D eigenvalue weighted by molar-refractivity contribution is 5.03. The molecule has 1 fully saturated rings. The van der Waals surface area contributed by atoms with Crippen molar-refractivity contribution >= 4 is 0 Å². The monoisotopic (exact) mass is 220 g/mol. The zero-order valence-corrected chi connectivity index (χ0v) is 10.8. The van der Waals surface area contributed by atoms with Crippen LogP contribution in [0.5, 0.6) is 0 Å². The van der Waals surface area contributed by atoms with E-state index in [0.717, 1.165) is 0 Å². The first-order valence-corrected chi connectivity index (χ1v) is 7.32. The molecule has 0 aromatic rings. The van der Waals surface area contributed by atoms with E-state index in [9.17, 15) is 0 Å². The highest BCUT2D eigenvalue weighted by Crippen LogP contribution is 2.15. The van der Waals surface area contributed by atoms with Crippen LogP contribution < -0.4 is 0 Å². The molecule has 0 saturated heterocycles. The third kappa shape index (κ3) is 8.76. The summed E-state index contributed by atoms with van der Waals surface area (Å²) in [5.41, 5.74) is 0. The zero-order valence-electron chi connectivity index (χ0n) is 10.8. The molecule has 0 atom stereocenters. The van der Waals surface area contributed by atoms with Crippen molar-refractivity contribution in [2.45, 2.75) is 77.0 Å². The molecule has 1 saturated carbocycles. The molecule has 0 spiro atoms. The van der Waals surface area contributed by atoms with Crippen LogP contribution >= 0.6 is 0 Å². The third-order valence-corrected chi connectivity index (χ3v) is 3.37. The lowest BCUT2D eigenvalue weighted by Crippen LogP contribution is -1.85. The summed E-state index contributed by atoms with van der Waals surface area (Å²) in [4.78, 5) is 0. The SMILES string of the molecule is C1=CCCCCC=C1.C1CCCCCCC1. The molecule has 2 aliphatic rings. The number of allylic oxidation sites excluding steroid dienone is 4. The fourth-order valence-corrected chi connectivity index (χ4v) is 2.29. The maximum absolute atomic E-state index is 2.23. The van der Waals surface area contributed by atoms with E-state index in [-0.39, 0.29) is 0 Å². The third-order valence-electron chi connectivity index (χ3n) is 3.37. The van der Waals surface area contributed by atoms with Gasteiger partial charge in [0.2, 0.25) is 0 Å². The van der Waals surface area contributed by atoms with Crippen LogP contribution in [0.1, 0.15) is 77.0 Å². The summed E-state index contributed by atoms with van der Waals surface area (Å²) in [7, 11) is 0. The van der Waals surface area contributed by atoms with Crippen molar-refractivity contribution in [1.29, 1.82) is 0 Å². The number of rotatable bonds is 0. The average molecular weight is 220 g/mol. The minimum atomic E-state index is 1.27. The normalized spacial score (nSPS) is 22.0. The van der Waals surface area contributed by atoms with E-state index in [1.165, 1.54) is 77.0 Å². The average Bonchev–Trinajstić information content (AvgIpc) is 2.15. The van der Waals surface area contributed by atoms with E-state index < -0.39 is 0 Å². The van der Waals surface area contributed by atoms with Gasteiger partial charge in [0.15, 0.2) is 0 Å². The van der Waals surface area contributed by atoms with E-state index in [1.54, 1.807) is 0 Å². The van der Waals surface area contributed by atoms with Gasteiger partial charge in [-0.25, -0.2) is 0 Å². The number of hydrogen-bond acceptors (Lipinski definition) is 0. The van der Waals surface area contributed by atoms with Gasteiger partial charge in [-0.2, -0.15) is 0 Å². The van der Waals surface area contributed by atoms with Crippen LogP contribution in [0.3, 0.4) is 0 Å². The summed E-state index contributed by atoms with van der Waals surface area (Å²) in [5.74, 6) is 0. The Hall–Kier alpha value is -0.520. The fraction of sp³-hybridized carbons (Fsp3) is 0.750. The Morgan fingerprint density at radius 1 is 0.375 bits per heavy atom. The molecule has 0 amide bonds. The van der Waals surface area contributed by atoms with Crippen molar-refractivity contribution in [3.63, 3.8) is 0 Å². The molecule has 0 aromatic carbocycles. The van der Waals surface area contributed by atoms with Gasteiger partial charge in [0.05, 0.1) is 0 Å². The summed E-state index contributed by atoms with van der Waals surface area (Å²) in [6, 6.07) is 0. The number of hydrogen-bond donors (Lipinski definition) is 0.